The normalized spacial score (nSPS) is 16.5. The Bertz CT molecular complexity index is 458. The van der Waals surface area contributed by atoms with Crippen LogP contribution < -0.4 is 15.4 Å². The lowest BCUT2D eigenvalue weighted by Crippen LogP contribution is -2.45. The molecule has 1 aliphatic rings. The molecule has 1 saturated heterocycles. The minimum atomic E-state index is -0.787. The Hall–Kier alpha value is -1.37. The first-order valence-electron chi connectivity index (χ1n) is 7.14. The lowest BCUT2D eigenvalue weighted by atomic mass is 10.1. The van der Waals surface area contributed by atoms with Gasteiger partial charge in [-0.1, -0.05) is 6.92 Å². The highest BCUT2D eigenvalue weighted by atomic mass is 32.1. The maximum atomic E-state index is 5.84. The van der Waals surface area contributed by atoms with Crippen LogP contribution >= 0.6 is 12.2 Å². The van der Waals surface area contributed by atoms with Crippen LogP contribution in [0.5, 0.6) is 5.75 Å². The molecule has 1 fully saturated rings. The molecule has 2 N–H and O–H groups in total. The second-order valence-electron chi connectivity index (χ2n) is 4.79. The number of nitrogens with one attached hydrogen (secondary N) is 2. The molecule has 0 radical (unpaired) electrons. The maximum Gasteiger partial charge on any atom is 0.213 e. The molecule has 5 nitrogen and oxygen atoms in total. The van der Waals surface area contributed by atoms with Gasteiger partial charge in [0.2, 0.25) is 5.79 Å². The quantitative estimate of drug-likeness (QED) is 0.781. The number of hydrogen-bond donors (Lipinski definition) is 2. The summed E-state index contributed by atoms with van der Waals surface area (Å²) in [7, 11) is 1.65. The van der Waals surface area contributed by atoms with E-state index in [0.717, 1.165) is 24.3 Å². The first-order valence-corrected chi connectivity index (χ1v) is 7.55. The van der Waals surface area contributed by atoms with E-state index in [-0.39, 0.29) is 0 Å². The van der Waals surface area contributed by atoms with Gasteiger partial charge < -0.3 is 24.8 Å². The van der Waals surface area contributed by atoms with Crippen LogP contribution in [0.15, 0.2) is 24.3 Å². The van der Waals surface area contributed by atoms with Crippen molar-refractivity contribution < 1.29 is 14.2 Å². The van der Waals surface area contributed by atoms with Crippen LogP contribution in [0, 0.1) is 0 Å². The topological polar surface area (TPSA) is 51.8 Å². The van der Waals surface area contributed by atoms with Crippen LogP contribution in [0.4, 0.5) is 0 Å². The summed E-state index contributed by atoms with van der Waals surface area (Å²) in [6, 6.07) is 7.70. The van der Waals surface area contributed by atoms with Gasteiger partial charge in [0, 0.05) is 12.1 Å². The standard InChI is InChI=1S/C15H22N2O3S/c1-3-8-16-14(21)17-11-15(19-9-10-20-15)12-4-6-13(18-2)7-5-12/h4-7H,3,8-11H2,1-2H3,(H2,16,17,21). The van der Waals surface area contributed by atoms with E-state index in [9.17, 15) is 0 Å². The van der Waals surface area contributed by atoms with Gasteiger partial charge >= 0.3 is 0 Å². The summed E-state index contributed by atoms with van der Waals surface area (Å²) in [6.45, 7) is 4.56. The zero-order chi connectivity index (χ0) is 15.1. The number of methoxy groups -OCH3 is 1. The fraction of sp³-hybridized carbons (Fsp3) is 0.533. The first-order chi connectivity index (χ1) is 10.2. The molecule has 1 aromatic rings. The van der Waals surface area contributed by atoms with Crippen molar-refractivity contribution in [2.24, 2.45) is 0 Å². The molecule has 0 atom stereocenters. The van der Waals surface area contributed by atoms with Crippen molar-refractivity contribution in [3.05, 3.63) is 29.8 Å². The Morgan fingerprint density at radius 2 is 1.90 bits per heavy atom. The smallest absolute Gasteiger partial charge is 0.213 e. The highest BCUT2D eigenvalue weighted by molar-refractivity contribution is 7.80. The average molecular weight is 310 g/mol. The molecule has 6 heteroatoms. The van der Waals surface area contributed by atoms with Gasteiger partial charge in [0.1, 0.15) is 5.75 Å². The summed E-state index contributed by atoms with van der Waals surface area (Å²) < 4.78 is 16.9. The monoisotopic (exact) mass is 310 g/mol. The number of rotatable bonds is 6. The molecule has 0 amide bonds. The summed E-state index contributed by atoms with van der Waals surface area (Å²) in [5.41, 5.74) is 0.951. The van der Waals surface area contributed by atoms with E-state index in [1.807, 2.05) is 24.3 Å². The lowest BCUT2D eigenvalue weighted by molar-refractivity contribution is -0.159. The predicted octanol–water partition coefficient (Wildman–Crippen LogP) is 1.77. The number of benzene rings is 1. The van der Waals surface area contributed by atoms with Crippen LogP contribution in [0.25, 0.3) is 0 Å². The molecular weight excluding hydrogens is 288 g/mol. The van der Waals surface area contributed by atoms with E-state index in [0.29, 0.717) is 24.9 Å². The van der Waals surface area contributed by atoms with Gasteiger partial charge in [0.15, 0.2) is 5.11 Å². The maximum absolute atomic E-state index is 5.84. The zero-order valence-corrected chi connectivity index (χ0v) is 13.3. The van der Waals surface area contributed by atoms with E-state index >= 15 is 0 Å². The van der Waals surface area contributed by atoms with Crippen molar-refractivity contribution in [2.45, 2.75) is 19.1 Å². The fourth-order valence-electron chi connectivity index (χ4n) is 2.17. The third-order valence-electron chi connectivity index (χ3n) is 3.30. The summed E-state index contributed by atoms with van der Waals surface area (Å²) in [5, 5.41) is 6.91. The highest BCUT2D eigenvalue weighted by Crippen LogP contribution is 2.31. The lowest BCUT2D eigenvalue weighted by Gasteiger charge is -2.28. The van der Waals surface area contributed by atoms with Gasteiger partial charge in [0.05, 0.1) is 26.9 Å². The molecule has 0 spiro atoms. The molecular formula is C15H22N2O3S. The average Bonchev–Trinajstić information content (AvgIpc) is 3.01. The van der Waals surface area contributed by atoms with E-state index in [1.54, 1.807) is 7.11 Å². The Morgan fingerprint density at radius 1 is 1.24 bits per heavy atom. The molecule has 0 bridgehead atoms. The molecule has 0 unspecified atom stereocenters. The molecule has 1 aromatic carbocycles. The van der Waals surface area contributed by atoms with Crippen molar-refractivity contribution >= 4 is 17.3 Å². The fourth-order valence-corrected chi connectivity index (χ4v) is 2.34. The van der Waals surface area contributed by atoms with E-state index in [2.05, 4.69) is 17.6 Å². The summed E-state index contributed by atoms with van der Waals surface area (Å²) in [5.74, 6) is 0.0181. The Balaban J connectivity index is 2.03. The Labute approximate surface area is 131 Å². The van der Waals surface area contributed by atoms with Crippen molar-refractivity contribution in [2.75, 3.05) is 33.4 Å². The van der Waals surface area contributed by atoms with Crippen molar-refractivity contribution in [1.82, 2.24) is 10.6 Å². The number of ether oxygens (including phenoxy) is 3. The van der Waals surface area contributed by atoms with Crippen molar-refractivity contribution in [1.29, 1.82) is 0 Å². The zero-order valence-electron chi connectivity index (χ0n) is 12.5. The van der Waals surface area contributed by atoms with Crippen LogP contribution in [-0.4, -0.2) is 38.5 Å². The summed E-state index contributed by atoms with van der Waals surface area (Å²) in [6.07, 6.45) is 1.03. The molecule has 1 heterocycles. The SMILES string of the molecule is CCCNC(=S)NCC1(c2ccc(OC)cc2)OCCO1. The van der Waals surface area contributed by atoms with Gasteiger partial charge in [-0.15, -0.1) is 0 Å². The Kier molecular flexibility index (Phi) is 5.78. The minimum Gasteiger partial charge on any atom is -0.497 e. The van der Waals surface area contributed by atoms with E-state index < -0.39 is 5.79 Å². The predicted molar refractivity (Wildman–Crippen MR) is 85.5 cm³/mol. The molecule has 1 aliphatic heterocycles. The molecule has 2 rings (SSSR count). The minimum absolute atomic E-state index is 0.467. The number of hydrogen-bond acceptors (Lipinski definition) is 4. The molecule has 0 aliphatic carbocycles. The first kappa shape index (κ1) is 16.0. The van der Waals surface area contributed by atoms with Crippen molar-refractivity contribution in [3.8, 4) is 5.75 Å². The third-order valence-corrected chi connectivity index (χ3v) is 3.59. The summed E-state index contributed by atoms with van der Waals surface area (Å²) >= 11 is 5.24. The van der Waals surface area contributed by atoms with E-state index in [4.69, 9.17) is 26.4 Å². The second kappa shape index (κ2) is 7.59. The van der Waals surface area contributed by atoms with Gasteiger partial charge in [0.25, 0.3) is 0 Å². The largest absolute Gasteiger partial charge is 0.497 e. The van der Waals surface area contributed by atoms with Crippen LogP contribution in [0.3, 0.4) is 0 Å². The summed E-state index contributed by atoms with van der Waals surface area (Å²) in [4.78, 5) is 0. The van der Waals surface area contributed by atoms with Crippen LogP contribution in [0.2, 0.25) is 0 Å². The van der Waals surface area contributed by atoms with Gasteiger partial charge in [-0.25, -0.2) is 0 Å². The van der Waals surface area contributed by atoms with E-state index in [1.165, 1.54) is 0 Å². The molecule has 0 saturated carbocycles. The highest BCUT2D eigenvalue weighted by Gasteiger charge is 2.38. The van der Waals surface area contributed by atoms with Gasteiger partial charge in [-0.2, -0.15) is 0 Å². The Morgan fingerprint density at radius 3 is 2.48 bits per heavy atom. The van der Waals surface area contributed by atoms with Crippen molar-refractivity contribution in [3.63, 3.8) is 0 Å². The molecule has 21 heavy (non-hydrogen) atoms. The van der Waals surface area contributed by atoms with Gasteiger partial charge in [-0.3, -0.25) is 0 Å². The number of thiocarbonyl (C=S) groups is 1. The molecule has 0 aromatic heterocycles. The van der Waals surface area contributed by atoms with Crippen LogP contribution in [-0.2, 0) is 15.3 Å². The van der Waals surface area contributed by atoms with Gasteiger partial charge in [-0.05, 0) is 42.9 Å². The second-order valence-corrected chi connectivity index (χ2v) is 5.20. The van der Waals surface area contributed by atoms with Crippen LogP contribution in [0.1, 0.15) is 18.9 Å². The molecule has 116 valence electrons. The third kappa shape index (κ3) is 4.06.